The molecule has 5 heteroatoms. The minimum atomic E-state index is -0.724. The van der Waals surface area contributed by atoms with Crippen molar-refractivity contribution in [3.8, 4) is 11.8 Å². The van der Waals surface area contributed by atoms with Crippen molar-refractivity contribution in [2.75, 3.05) is 13.1 Å². The summed E-state index contributed by atoms with van der Waals surface area (Å²) in [6, 6.07) is 6.51. The molecule has 1 saturated carbocycles. The molecule has 1 aliphatic heterocycles. The summed E-state index contributed by atoms with van der Waals surface area (Å²) in [6.45, 7) is 5.48. The van der Waals surface area contributed by atoms with E-state index in [4.69, 9.17) is 5.11 Å². The van der Waals surface area contributed by atoms with Gasteiger partial charge in [0.2, 0.25) is 0 Å². The van der Waals surface area contributed by atoms with Gasteiger partial charge in [0, 0.05) is 43.4 Å². The smallest absolute Gasteiger partial charge is 0.304 e. The molecule has 0 atom stereocenters. The summed E-state index contributed by atoms with van der Waals surface area (Å²) in [7, 11) is 0. The Morgan fingerprint density at radius 1 is 1.26 bits per heavy atom. The Balaban J connectivity index is 1.52. The first kappa shape index (κ1) is 17.8. The van der Waals surface area contributed by atoms with E-state index in [2.05, 4.69) is 47.0 Å². The average Bonchev–Trinajstić information content (AvgIpc) is 3.27. The number of aromatic nitrogens is 2. The van der Waals surface area contributed by atoms with Crippen molar-refractivity contribution in [1.82, 2.24) is 14.7 Å². The second-order valence-corrected chi connectivity index (χ2v) is 7.75. The molecular weight excluding hydrogens is 338 g/mol. The van der Waals surface area contributed by atoms with Crippen molar-refractivity contribution in [3.05, 3.63) is 52.8 Å². The van der Waals surface area contributed by atoms with Crippen molar-refractivity contribution < 1.29 is 9.90 Å². The first-order chi connectivity index (χ1) is 13.1. The predicted octanol–water partition coefficient (Wildman–Crippen LogP) is 3.01. The highest BCUT2D eigenvalue weighted by Crippen LogP contribution is 2.52. The van der Waals surface area contributed by atoms with Crippen LogP contribution in [0.5, 0.6) is 0 Å². The van der Waals surface area contributed by atoms with Gasteiger partial charge in [0.1, 0.15) is 0 Å². The van der Waals surface area contributed by atoms with Crippen LogP contribution in [0.3, 0.4) is 0 Å². The summed E-state index contributed by atoms with van der Waals surface area (Å²) >= 11 is 0. The molecule has 4 rings (SSSR count). The highest BCUT2D eigenvalue weighted by molar-refractivity contribution is 5.66. The minimum Gasteiger partial charge on any atom is -0.481 e. The van der Waals surface area contributed by atoms with Crippen LogP contribution in [-0.4, -0.2) is 38.8 Å². The van der Waals surface area contributed by atoms with Gasteiger partial charge in [-0.25, -0.2) is 0 Å². The molecule has 0 saturated heterocycles. The Bertz CT molecular complexity index is 915. The van der Waals surface area contributed by atoms with Gasteiger partial charge in [-0.2, -0.15) is 5.10 Å². The van der Waals surface area contributed by atoms with Crippen molar-refractivity contribution in [3.63, 3.8) is 0 Å². The van der Waals surface area contributed by atoms with Gasteiger partial charge in [0.05, 0.1) is 18.2 Å². The number of carbonyl (C=O) groups is 1. The van der Waals surface area contributed by atoms with Crippen LogP contribution in [0.4, 0.5) is 0 Å². The molecule has 1 aromatic heterocycles. The predicted molar refractivity (Wildman–Crippen MR) is 103 cm³/mol. The fourth-order valence-corrected chi connectivity index (χ4v) is 4.01. The summed E-state index contributed by atoms with van der Waals surface area (Å²) < 4.78 is 1.93. The number of rotatable bonds is 5. The number of carboxylic acids is 1. The van der Waals surface area contributed by atoms with E-state index < -0.39 is 5.97 Å². The molecule has 1 aliphatic carbocycles. The fourth-order valence-electron chi connectivity index (χ4n) is 4.01. The molecule has 0 amide bonds. The van der Waals surface area contributed by atoms with E-state index in [0.29, 0.717) is 6.54 Å². The zero-order chi connectivity index (χ0) is 18.9. The van der Waals surface area contributed by atoms with Crippen LogP contribution in [-0.2, 0) is 23.3 Å². The molecule has 5 nitrogen and oxygen atoms in total. The zero-order valence-corrected chi connectivity index (χ0v) is 15.7. The largest absolute Gasteiger partial charge is 0.481 e. The fraction of sp³-hybridized carbons (Fsp3) is 0.455. The third kappa shape index (κ3) is 3.91. The lowest BCUT2D eigenvalue weighted by molar-refractivity contribution is -0.137. The quantitative estimate of drug-likeness (QED) is 0.830. The third-order valence-corrected chi connectivity index (χ3v) is 5.53. The number of hydrogen-bond acceptors (Lipinski definition) is 3. The SMILES string of the molecule is CCCn1cc(C#Cc2ccc3c(c2)C2(CC2)CN(CCC(=O)O)C3)cn1. The van der Waals surface area contributed by atoms with E-state index in [9.17, 15) is 4.79 Å². The molecular formula is C22H25N3O2. The second kappa shape index (κ2) is 7.21. The van der Waals surface area contributed by atoms with Crippen molar-refractivity contribution in [1.29, 1.82) is 0 Å². The third-order valence-electron chi connectivity index (χ3n) is 5.53. The Kier molecular flexibility index (Phi) is 4.75. The highest BCUT2D eigenvalue weighted by atomic mass is 16.4. The Hall–Kier alpha value is -2.58. The summed E-state index contributed by atoms with van der Waals surface area (Å²) in [6.07, 6.45) is 7.46. The average molecular weight is 363 g/mol. The van der Waals surface area contributed by atoms with Crippen LogP contribution in [0.1, 0.15) is 54.9 Å². The molecule has 0 unspecified atom stereocenters. The molecule has 1 spiro atoms. The minimum absolute atomic E-state index is 0.209. The molecule has 1 fully saturated rings. The van der Waals surface area contributed by atoms with Crippen LogP contribution >= 0.6 is 0 Å². The number of aryl methyl sites for hydroxylation is 1. The van der Waals surface area contributed by atoms with Crippen molar-refractivity contribution >= 4 is 5.97 Å². The Labute approximate surface area is 160 Å². The Morgan fingerprint density at radius 3 is 2.81 bits per heavy atom. The van der Waals surface area contributed by atoms with E-state index in [0.717, 1.165) is 37.2 Å². The van der Waals surface area contributed by atoms with Gasteiger partial charge in [0.25, 0.3) is 0 Å². The topological polar surface area (TPSA) is 58.4 Å². The molecule has 140 valence electrons. The molecule has 2 aliphatic rings. The molecule has 27 heavy (non-hydrogen) atoms. The van der Waals surface area contributed by atoms with Crippen molar-refractivity contribution in [2.45, 2.75) is 51.1 Å². The summed E-state index contributed by atoms with van der Waals surface area (Å²) in [5.74, 6) is 5.79. The zero-order valence-electron chi connectivity index (χ0n) is 15.7. The molecule has 2 heterocycles. The Morgan fingerprint density at radius 2 is 2.07 bits per heavy atom. The summed E-state index contributed by atoms with van der Waals surface area (Å²) in [5.41, 5.74) is 4.95. The first-order valence-corrected chi connectivity index (χ1v) is 9.70. The van der Waals surface area contributed by atoms with E-state index in [1.807, 2.05) is 17.1 Å². The number of carboxylic acid groups (broad SMARTS) is 1. The van der Waals surface area contributed by atoms with E-state index in [1.54, 1.807) is 0 Å². The van der Waals surface area contributed by atoms with Gasteiger partial charge in [0.15, 0.2) is 0 Å². The van der Waals surface area contributed by atoms with Gasteiger partial charge >= 0.3 is 5.97 Å². The maximum atomic E-state index is 10.9. The lowest BCUT2D eigenvalue weighted by atomic mass is 9.85. The van der Waals surface area contributed by atoms with E-state index >= 15 is 0 Å². The van der Waals surface area contributed by atoms with Gasteiger partial charge in [-0.15, -0.1) is 0 Å². The standard InChI is InChI=1S/C22H25N3O2/c1-2-10-25-14-18(13-23-25)4-3-17-5-6-19-15-24(11-7-21(26)27)16-22(8-9-22)20(19)12-17/h5-6,12-14H,2,7-11,15-16H2,1H3,(H,26,27). The van der Waals surface area contributed by atoms with Crippen LogP contribution < -0.4 is 0 Å². The van der Waals surface area contributed by atoms with Gasteiger partial charge in [-0.3, -0.25) is 14.4 Å². The molecule has 2 aromatic rings. The summed E-state index contributed by atoms with van der Waals surface area (Å²) in [5, 5.41) is 13.3. The molecule has 0 radical (unpaired) electrons. The van der Waals surface area contributed by atoms with Crippen LogP contribution in [0.25, 0.3) is 0 Å². The monoisotopic (exact) mass is 363 g/mol. The maximum Gasteiger partial charge on any atom is 0.304 e. The molecule has 0 bridgehead atoms. The van der Waals surface area contributed by atoms with E-state index in [1.165, 1.54) is 24.0 Å². The number of nitrogens with zero attached hydrogens (tertiary/aromatic N) is 3. The normalized spacial score (nSPS) is 17.2. The van der Waals surface area contributed by atoms with Crippen LogP contribution in [0.15, 0.2) is 30.6 Å². The van der Waals surface area contributed by atoms with Gasteiger partial charge in [-0.1, -0.05) is 24.8 Å². The number of hydrogen-bond donors (Lipinski definition) is 1. The highest BCUT2D eigenvalue weighted by Gasteiger charge is 2.48. The van der Waals surface area contributed by atoms with Crippen molar-refractivity contribution in [2.24, 2.45) is 0 Å². The molecule has 1 N–H and O–H groups in total. The number of aliphatic carboxylic acids is 1. The second-order valence-electron chi connectivity index (χ2n) is 7.75. The van der Waals surface area contributed by atoms with Crippen LogP contribution in [0.2, 0.25) is 0 Å². The lowest BCUT2D eigenvalue weighted by Crippen LogP contribution is -2.39. The van der Waals surface area contributed by atoms with Crippen LogP contribution in [0, 0.1) is 11.8 Å². The first-order valence-electron chi connectivity index (χ1n) is 9.70. The lowest BCUT2D eigenvalue weighted by Gasteiger charge is -2.35. The number of fused-ring (bicyclic) bond motifs is 2. The number of benzene rings is 1. The van der Waals surface area contributed by atoms with E-state index in [-0.39, 0.29) is 11.8 Å². The molecule has 1 aromatic carbocycles. The summed E-state index contributed by atoms with van der Waals surface area (Å²) in [4.78, 5) is 13.2. The van der Waals surface area contributed by atoms with Gasteiger partial charge in [-0.05, 0) is 42.5 Å². The maximum absolute atomic E-state index is 10.9. The van der Waals surface area contributed by atoms with Gasteiger partial charge < -0.3 is 5.11 Å².